The van der Waals surface area contributed by atoms with Crippen molar-refractivity contribution < 1.29 is 4.74 Å². The van der Waals surface area contributed by atoms with Gasteiger partial charge in [0, 0.05) is 6.04 Å². The number of hydrogen-bond acceptors (Lipinski definition) is 2. The maximum Gasteiger partial charge on any atom is 0.0885 e. The molecule has 0 aromatic carbocycles. The molecule has 0 aliphatic heterocycles. The van der Waals surface area contributed by atoms with Crippen LogP contribution in [0, 0.1) is 11.3 Å². The van der Waals surface area contributed by atoms with Crippen LogP contribution in [0.3, 0.4) is 0 Å². The lowest BCUT2D eigenvalue weighted by Gasteiger charge is -2.29. The molecule has 0 aromatic heterocycles. The fourth-order valence-electron chi connectivity index (χ4n) is 2.92. The zero-order valence-corrected chi connectivity index (χ0v) is 12.5. The molecule has 1 aliphatic rings. The fourth-order valence-corrected chi connectivity index (χ4v) is 2.92. The summed E-state index contributed by atoms with van der Waals surface area (Å²) in [6.45, 7) is 12.6. The molecule has 0 saturated heterocycles. The molecule has 1 rings (SSSR count). The Hall–Kier alpha value is -0.500. The van der Waals surface area contributed by atoms with Gasteiger partial charge in [0.15, 0.2) is 0 Å². The van der Waals surface area contributed by atoms with Gasteiger partial charge in [0.25, 0.3) is 0 Å². The molecule has 0 bridgehead atoms. The van der Waals surface area contributed by atoms with Gasteiger partial charge in [-0.1, -0.05) is 33.8 Å². The molecule has 0 heterocycles. The van der Waals surface area contributed by atoms with Crippen LogP contribution in [0.5, 0.6) is 0 Å². The molecule has 2 nitrogen and oxygen atoms in total. The van der Waals surface area contributed by atoms with Crippen molar-refractivity contribution in [3.63, 3.8) is 0 Å². The summed E-state index contributed by atoms with van der Waals surface area (Å²) in [5.41, 5.74) is 0.479. The highest BCUT2D eigenvalue weighted by Crippen LogP contribution is 2.36. The smallest absolute Gasteiger partial charge is 0.0885 e. The van der Waals surface area contributed by atoms with Crippen LogP contribution in [0.2, 0.25) is 0 Å². The van der Waals surface area contributed by atoms with Gasteiger partial charge in [-0.3, -0.25) is 0 Å². The van der Waals surface area contributed by atoms with Crippen molar-refractivity contribution in [2.75, 3.05) is 13.2 Å². The summed E-state index contributed by atoms with van der Waals surface area (Å²) in [5, 5.41) is 3.68. The Balaban J connectivity index is 2.19. The Bertz CT molecular complexity index is 232. The molecule has 2 heteroatoms. The average molecular weight is 253 g/mol. The molecular weight excluding hydrogens is 222 g/mol. The first-order valence-corrected chi connectivity index (χ1v) is 7.50. The van der Waals surface area contributed by atoms with E-state index in [2.05, 4.69) is 32.7 Å². The van der Waals surface area contributed by atoms with Crippen LogP contribution in [-0.2, 0) is 4.74 Å². The van der Waals surface area contributed by atoms with Gasteiger partial charge in [-0.05, 0) is 50.0 Å². The van der Waals surface area contributed by atoms with E-state index in [1.54, 1.807) is 0 Å². The summed E-state index contributed by atoms with van der Waals surface area (Å²) in [7, 11) is 0. The maximum absolute atomic E-state index is 5.13. The SMILES string of the molecule is C=COCCCNC1CCCC(C(C)(C)C)CC1. The summed E-state index contributed by atoms with van der Waals surface area (Å²) >= 11 is 0. The van der Waals surface area contributed by atoms with E-state index in [4.69, 9.17) is 4.74 Å². The summed E-state index contributed by atoms with van der Waals surface area (Å²) in [4.78, 5) is 0. The molecule has 1 fully saturated rings. The highest BCUT2D eigenvalue weighted by molar-refractivity contribution is 4.81. The van der Waals surface area contributed by atoms with Crippen LogP contribution in [0.15, 0.2) is 12.8 Å². The van der Waals surface area contributed by atoms with Crippen molar-refractivity contribution in [1.29, 1.82) is 0 Å². The maximum atomic E-state index is 5.13. The van der Waals surface area contributed by atoms with Crippen molar-refractivity contribution in [3.05, 3.63) is 12.8 Å². The minimum Gasteiger partial charge on any atom is -0.502 e. The van der Waals surface area contributed by atoms with Crippen molar-refractivity contribution in [2.45, 2.75) is 65.3 Å². The molecular formula is C16H31NO. The van der Waals surface area contributed by atoms with E-state index in [1.165, 1.54) is 38.4 Å². The summed E-state index contributed by atoms with van der Waals surface area (Å²) in [6.07, 6.45) is 9.44. The Morgan fingerprint density at radius 2 is 2.00 bits per heavy atom. The molecule has 1 saturated carbocycles. The Kier molecular flexibility index (Phi) is 6.77. The number of hydrogen-bond donors (Lipinski definition) is 1. The van der Waals surface area contributed by atoms with Crippen LogP contribution >= 0.6 is 0 Å². The monoisotopic (exact) mass is 253 g/mol. The highest BCUT2D eigenvalue weighted by Gasteiger charge is 2.27. The lowest BCUT2D eigenvalue weighted by atomic mass is 9.76. The van der Waals surface area contributed by atoms with Gasteiger partial charge in [-0.2, -0.15) is 0 Å². The second kappa shape index (κ2) is 7.83. The molecule has 0 aromatic rings. The minimum absolute atomic E-state index is 0.479. The van der Waals surface area contributed by atoms with Gasteiger partial charge in [0.1, 0.15) is 0 Å². The van der Waals surface area contributed by atoms with E-state index in [0.717, 1.165) is 31.5 Å². The van der Waals surface area contributed by atoms with Crippen molar-refractivity contribution in [2.24, 2.45) is 11.3 Å². The molecule has 0 radical (unpaired) electrons. The number of nitrogens with one attached hydrogen (secondary N) is 1. The Labute approximate surface area is 113 Å². The second-order valence-electron chi connectivity index (χ2n) is 6.61. The predicted molar refractivity (Wildman–Crippen MR) is 78.6 cm³/mol. The molecule has 0 amide bonds. The third-order valence-electron chi connectivity index (χ3n) is 4.18. The van der Waals surface area contributed by atoms with Gasteiger partial charge in [0.05, 0.1) is 12.9 Å². The fraction of sp³-hybridized carbons (Fsp3) is 0.875. The van der Waals surface area contributed by atoms with Crippen molar-refractivity contribution >= 4 is 0 Å². The van der Waals surface area contributed by atoms with Crippen molar-refractivity contribution in [3.8, 4) is 0 Å². The molecule has 1 N–H and O–H groups in total. The van der Waals surface area contributed by atoms with Crippen LogP contribution in [0.1, 0.15) is 59.3 Å². The normalized spacial score (nSPS) is 25.5. The standard InChI is InChI=1S/C16H31NO/c1-5-18-13-7-12-17-15-9-6-8-14(10-11-15)16(2,3)4/h5,14-15,17H,1,6-13H2,2-4H3. The van der Waals surface area contributed by atoms with Gasteiger partial charge in [-0.15, -0.1) is 0 Å². The molecule has 2 unspecified atom stereocenters. The first-order chi connectivity index (χ1) is 8.54. The third-order valence-corrected chi connectivity index (χ3v) is 4.18. The predicted octanol–water partition coefficient (Wildman–Crippen LogP) is 4.12. The van der Waals surface area contributed by atoms with E-state index in [0.29, 0.717) is 5.41 Å². The van der Waals surface area contributed by atoms with E-state index in [1.807, 2.05) is 0 Å². The molecule has 18 heavy (non-hydrogen) atoms. The zero-order chi connectivity index (χ0) is 13.4. The summed E-state index contributed by atoms with van der Waals surface area (Å²) in [6, 6.07) is 0.723. The topological polar surface area (TPSA) is 21.3 Å². The van der Waals surface area contributed by atoms with Crippen LogP contribution < -0.4 is 5.32 Å². The highest BCUT2D eigenvalue weighted by atomic mass is 16.5. The molecule has 0 spiro atoms. The summed E-state index contributed by atoms with van der Waals surface area (Å²) in [5.74, 6) is 0.897. The first-order valence-electron chi connectivity index (χ1n) is 7.50. The largest absolute Gasteiger partial charge is 0.502 e. The van der Waals surface area contributed by atoms with Gasteiger partial charge >= 0.3 is 0 Å². The molecule has 2 atom stereocenters. The number of rotatable bonds is 6. The zero-order valence-electron chi connectivity index (χ0n) is 12.5. The van der Waals surface area contributed by atoms with E-state index in [9.17, 15) is 0 Å². The third kappa shape index (κ3) is 5.90. The Morgan fingerprint density at radius 3 is 2.67 bits per heavy atom. The Morgan fingerprint density at radius 1 is 1.22 bits per heavy atom. The van der Waals surface area contributed by atoms with Gasteiger partial charge < -0.3 is 10.1 Å². The molecule has 1 aliphatic carbocycles. The second-order valence-corrected chi connectivity index (χ2v) is 6.61. The number of ether oxygens (including phenoxy) is 1. The van der Waals surface area contributed by atoms with E-state index in [-0.39, 0.29) is 0 Å². The van der Waals surface area contributed by atoms with E-state index >= 15 is 0 Å². The van der Waals surface area contributed by atoms with Gasteiger partial charge in [0.2, 0.25) is 0 Å². The minimum atomic E-state index is 0.479. The summed E-state index contributed by atoms with van der Waals surface area (Å²) < 4.78 is 5.13. The van der Waals surface area contributed by atoms with Crippen LogP contribution in [0.4, 0.5) is 0 Å². The van der Waals surface area contributed by atoms with Gasteiger partial charge in [-0.25, -0.2) is 0 Å². The van der Waals surface area contributed by atoms with Crippen LogP contribution in [-0.4, -0.2) is 19.2 Å². The lowest BCUT2D eigenvalue weighted by molar-refractivity contribution is 0.213. The first kappa shape index (κ1) is 15.6. The van der Waals surface area contributed by atoms with Crippen LogP contribution in [0.25, 0.3) is 0 Å². The molecule has 106 valence electrons. The quantitative estimate of drug-likeness (QED) is 0.437. The van der Waals surface area contributed by atoms with E-state index < -0.39 is 0 Å². The van der Waals surface area contributed by atoms with Crippen molar-refractivity contribution in [1.82, 2.24) is 5.32 Å². The average Bonchev–Trinajstić information content (AvgIpc) is 2.53. The lowest BCUT2D eigenvalue weighted by Crippen LogP contribution is -2.30.